The van der Waals surface area contributed by atoms with E-state index in [1.54, 1.807) is 0 Å². The van der Waals surface area contributed by atoms with Crippen LogP contribution in [0.1, 0.15) is 6.42 Å². The van der Waals surface area contributed by atoms with Crippen molar-refractivity contribution in [2.24, 2.45) is 0 Å². The van der Waals surface area contributed by atoms with Crippen LogP contribution < -0.4 is 0 Å². The molecule has 0 spiro atoms. The van der Waals surface area contributed by atoms with Crippen molar-refractivity contribution in [2.75, 3.05) is 6.61 Å². The van der Waals surface area contributed by atoms with Crippen molar-refractivity contribution < 1.29 is 24.5 Å². The lowest BCUT2D eigenvalue weighted by atomic mass is 10.1. The summed E-state index contributed by atoms with van der Waals surface area (Å²) in [5, 5.41) is 25.1. The molecule has 0 aliphatic heterocycles. The van der Waals surface area contributed by atoms with Crippen LogP contribution in [0.3, 0.4) is 0 Å². The first-order chi connectivity index (χ1) is 4.54. The first kappa shape index (κ1) is 9.48. The molecule has 5 heteroatoms. The highest BCUT2D eigenvalue weighted by molar-refractivity contribution is 5.50. The third-order valence-corrected chi connectivity index (χ3v) is 1.05. The Morgan fingerprint density at radius 1 is 1.70 bits per heavy atom. The third-order valence-electron chi connectivity index (χ3n) is 1.05. The molecule has 0 aliphatic carbocycles. The second-order valence-electron chi connectivity index (χ2n) is 1.89. The van der Waals surface area contributed by atoms with Crippen molar-refractivity contribution in [3.8, 4) is 0 Å². The van der Waals surface area contributed by atoms with E-state index in [9.17, 15) is 9.18 Å². The second kappa shape index (κ2) is 3.60. The lowest BCUT2D eigenvalue weighted by Gasteiger charge is -2.20. The van der Waals surface area contributed by atoms with Crippen LogP contribution in [0.25, 0.3) is 0 Å². The van der Waals surface area contributed by atoms with E-state index < -0.39 is 25.0 Å². The van der Waals surface area contributed by atoms with Crippen LogP contribution >= 0.6 is 0 Å². The fourth-order valence-electron chi connectivity index (χ4n) is 0.393. The number of hydrogen-bond acceptors (Lipinski definition) is 4. The van der Waals surface area contributed by atoms with Crippen LogP contribution in [0.5, 0.6) is 0 Å². The van der Waals surface area contributed by atoms with Gasteiger partial charge in [0.1, 0.15) is 12.4 Å². The topological polar surface area (TPSA) is 77.8 Å². The molecule has 0 bridgehead atoms. The molecule has 0 aromatic rings. The van der Waals surface area contributed by atoms with Gasteiger partial charge in [0.25, 0.3) is 0 Å². The maximum Gasteiger partial charge on any atom is 0.241 e. The number of carbonyl (C=O) groups is 1. The zero-order chi connectivity index (χ0) is 8.20. The molecule has 0 unspecified atom stereocenters. The maximum absolute atomic E-state index is 12.4. The van der Waals surface area contributed by atoms with Crippen LogP contribution in [0, 0.1) is 0 Å². The van der Waals surface area contributed by atoms with Gasteiger partial charge in [-0.05, 0) is 0 Å². The number of hydrogen-bond donors (Lipinski definition) is 3. The summed E-state index contributed by atoms with van der Waals surface area (Å²) in [7, 11) is 0. The summed E-state index contributed by atoms with van der Waals surface area (Å²) in [5.41, 5.74) is 0. The molecule has 3 N–H and O–H groups in total. The minimum Gasteiger partial charge on any atom is -0.393 e. The van der Waals surface area contributed by atoms with E-state index in [2.05, 4.69) is 0 Å². The van der Waals surface area contributed by atoms with Crippen molar-refractivity contribution >= 4 is 6.29 Å². The first-order valence-electron chi connectivity index (χ1n) is 2.68. The predicted molar refractivity (Wildman–Crippen MR) is 29.8 cm³/mol. The number of aliphatic hydroxyl groups excluding tert-OH is 2. The molecule has 0 aromatic carbocycles. The van der Waals surface area contributed by atoms with Crippen molar-refractivity contribution in [1.29, 1.82) is 0 Å². The zero-order valence-electron chi connectivity index (χ0n) is 5.20. The molecule has 60 valence electrons. The summed E-state index contributed by atoms with van der Waals surface area (Å²) in [6.45, 7) is -0.916. The van der Waals surface area contributed by atoms with Crippen LogP contribution in [0.4, 0.5) is 4.39 Å². The van der Waals surface area contributed by atoms with Gasteiger partial charge >= 0.3 is 0 Å². The Hall–Kier alpha value is -0.520. The van der Waals surface area contributed by atoms with Gasteiger partial charge in [-0.3, -0.25) is 0 Å². The van der Waals surface area contributed by atoms with E-state index in [4.69, 9.17) is 15.3 Å². The van der Waals surface area contributed by atoms with Gasteiger partial charge in [-0.1, -0.05) is 0 Å². The minimum atomic E-state index is -3.00. The first-order valence-corrected chi connectivity index (χ1v) is 2.68. The maximum atomic E-state index is 12.4. The number of aldehydes is 1. The highest BCUT2D eigenvalue weighted by Crippen LogP contribution is 2.15. The summed E-state index contributed by atoms with van der Waals surface area (Å²) >= 11 is 0. The van der Waals surface area contributed by atoms with Gasteiger partial charge in [0.2, 0.25) is 5.85 Å². The Balaban J connectivity index is 3.94. The molecule has 10 heavy (non-hydrogen) atoms. The number of aliphatic hydroxyl groups is 3. The van der Waals surface area contributed by atoms with Gasteiger partial charge in [0, 0.05) is 0 Å². The van der Waals surface area contributed by atoms with Crippen molar-refractivity contribution in [3.63, 3.8) is 0 Å². The van der Waals surface area contributed by atoms with Gasteiger partial charge in [-0.15, -0.1) is 0 Å². The molecule has 0 fully saturated rings. The summed E-state index contributed by atoms with van der Waals surface area (Å²) in [5.74, 6) is -3.00. The molecule has 0 saturated carbocycles. The SMILES string of the molecule is O=CC[C@@](O)(F)[C@H](O)CO. The average molecular weight is 152 g/mol. The second-order valence-corrected chi connectivity index (χ2v) is 1.89. The van der Waals surface area contributed by atoms with Crippen molar-refractivity contribution in [1.82, 2.24) is 0 Å². The Labute approximate surface area is 56.9 Å². The molecule has 0 aliphatic rings. The summed E-state index contributed by atoms with van der Waals surface area (Å²) < 4.78 is 12.4. The van der Waals surface area contributed by atoms with Gasteiger partial charge < -0.3 is 20.1 Å². The largest absolute Gasteiger partial charge is 0.393 e. The van der Waals surface area contributed by atoms with Crippen molar-refractivity contribution in [2.45, 2.75) is 18.4 Å². The lowest BCUT2D eigenvalue weighted by molar-refractivity contribution is -0.182. The van der Waals surface area contributed by atoms with Gasteiger partial charge in [-0.25, -0.2) is 4.39 Å². The van der Waals surface area contributed by atoms with E-state index in [0.29, 0.717) is 0 Å². The summed E-state index contributed by atoms with van der Waals surface area (Å²) in [4.78, 5) is 9.65. The van der Waals surface area contributed by atoms with Crippen LogP contribution in [-0.4, -0.2) is 40.2 Å². The molecule has 0 saturated heterocycles. The number of rotatable bonds is 4. The molecule has 0 radical (unpaired) electrons. The quantitative estimate of drug-likeness (QED) is 0.432. The highest BCUT2D eigenvalue weighted by atomic mass is 19.2. The minimum absolute atomic E-state index is 0.124. The predicted octanol–water partition coefficient (Wildman–Crippen LogP) is -1.41. The normalized spacial score (nSPS) is 19.6. The van der Waals surface area contributed by atoms with E-state index in [0.717, 1.165) is 0 Å². The van der Waals surface area contributed by atoms with E-state index in [-0.39, 0.29) is 6.29 Å². The fraction of sp³-hybridized carbons (Fsp3) is 0.800. The fourth-order valence-corrected chi connectivity index (χ4v) is 0.393. The van der Waals surface area contributed by atoms with Gasteiger partial charge in [0.05, 0.1) is 13.0 Å². The van der Waals surface area contributed by atoms with Gasteiger partial charge in [0.15, 0.2) is 0 Å². The Morgan fingerprint density at radius 3 is 2.50 bits per heavy atom. The molecule has 0 amide bonds. The van der Waals surface area contributed by atoms with E-state index in [1.165, 1.54) is 0 Å². The molecule has 2 atom stereocenters. The molecule has 0 rings (SSSR count). The van der Waals surface area contributed by atoms with Gasteiger partial charge in [-0.2, -0.15) is 0 Å². The Kier molecular flexibility index (Phi) is 3.41. The smallest absolute Gasteiger partial charge is 0.241 e. The van der Waals surface area contributed by atoms with E-state index in [1.807, 2.05) is 0 Å². The summed E-state index contributed by atoms with van der Waals surface area (Å²) in [6.07, 6.45) is -2.63. The van der Waals surface area contributed by atoms with Crippen molar-refractivity contribution in [3.05, 3.63) is 0 Å². The number of alkyl halides is 1. The van der Waals surface area contributed by atoms with Crippen LogP contribution in [-0.2, 0) is 4.79 Å². The Morgan fingerprint density at radius 2 is 2.20 bits per heavy atom. The molecule has 0 aromatic heterocycles. The molecular formula is C5H9FO4. The molecule has 4 nitrogen and oxygen atoms in total. The van der Waals surface area contributed by atoms with Crippen LogP contribution in [0.2, 0.25) is 0 Å². The lowest BCUT2D eigenvalue weighted by Crippen LogP contribution is -2.40. The number of halogens is 1. The monoisotopic (exact) mass is 152 g/mol. The molecular weight excluding hydrogens is 143 g/mol. The van der Waals surface area contributed by atoms with E-state index >= 15 is 0 Å². The summed E-state index contributed by atoms with van der Waals surface area (Å²) in [6, 6.07) is 0. The zero-order valence-corrected chi connectivity index (χ0v) is 5.20. The third kappa shape index (κ3) is 2.38. The molecule has 0 heterocycles. The average Bonchev–Trinajstić information content (AvgIpc) is 1.86. The standard InChI is InChI=1S/C5H9FO4/c6-5(10,1-2-7)4(9)3-8/h2,4,8-10H,1,3H2/t4-,5+/m1/s1. The highest BCUT2D eigenvalue weighted by Gasteiger charge is 2.34. The Bertz CT molecular complexity index is 114. The van der Waals surface area contributed by atoms with Crippen LogP contribution in [0.15, 0.2) is 0 Å². The number of carbonyl (C=O) groups excluding carboxylic acids is 1.